The zero-order valence-corrected chi connectivity index (χ0v) is 11.9. The Hall–Kier alpha value is -0.920. The van der Waals surface area contributed by atoms with Crippen molar-refractivity contribution in [2.45, 2.75) is 62.7 Å². The number of sulfonamides is 1. The van der Waals surface area contributed by atoms with Gasteiger partial charge in [-0.15, -0.1) is 0 Å². The van der Waals surface area contributed by atoms with Gasteiger partial charge in [0.15, 0.2) is 5.03 Å². The smallest absolute Gasteiger partial charge is 0.260 e. The highest BCUT2D eigenvalue weighted by molar-refractivity contribution is 7.89. The Morgan fingerprint density at radius 1 is 1.26 bits per heavy atom. The molecule has 106 valence electrons. The average Bonchev–Trinajstić information content (AvgIpc) is 3.05. The molecule has 0 aromatic carbocycles. The molecule has 0 amide bonds. The molecule has 2 fully saturated rings. The second kappa shape index (κ2) is 4.88. The van der Waals surface area contributed by atoms with E-state index in [1.54, 1.807) is 0 Å². The van der Waals surface area contributed by atoms with Gasteiger partial charge in [0.2, 0.25) is 0 Å². The summed E-state index contributed by atoms with van der Waals surface area (Å²) >= 11 is 0. The topological polar surface area (TPSA) is 86.9 Å². The molecule has 3 N–H and O–H groups in total. The van der Waals surface area contributed by atoms with Crippen molar-refractivity contribution in [1.82, 2.24) is 20.2 Å². The van der Waals surface area contributed by atoms with Crippen LogP contribution in [0.15, 0.2) is 5.03 Å². The van der Waals surface area contributed by atoms with Crippen LogP contribution in [0.25, 0.3) is 0 Å². The molecule has 0 bridgehead atoms. The Kier molecular flexibility index (Phi) is 3.36. The molecule has 6 nitrogen and oxygen atoms in total. The van der Waals surface area contributed by atoms with Crippen molar-refractivity contribution < 1.29 is 8.42 Å². The van der Waals surface area contributed by atoms with Crippen LogP contribution in [0.5, 0.6) is 0 Å². The van der Waals surface area contributed by atoms with Gasteiger partial charge in [-0.05, 0) is 32.6 Å². The van der Waals surface area contributed by atoms with Crippen molar-refractivity contribution in [1.29, 1.82) is 0 Å². The molecule has 0 atom stereocenters. The molecular formula is C12H20N4O2S. The molecule has 2 aliphatic carbocycles. The molecular weight excluding hydrogens is 264 g/mol. The molecule has 0 aliphatic heterocycles. The van der Waals surface area contributed by atoms with Crippen LogP contribution in [0, 0.1) is 6.92 Å². The SMILES string of the molecule is Cc1[nH]nc(S(=O)(=O)NC2CCC2)c1CNC1CC1. The minimum atomic E-state index is -3.49. The van der Waals surface area contributed by atoms with Gasteiger partial charge in [0.05, 0.1) is 0 Å². The summed E-state index contributed by atoms with van der Waals surface area (Å²) in [6.07, 6.45) is 5.32. The van der Waals surface area contributed by atoms with Crippen molar-refractivity contribution in [3.05, 3.63) is 11.3 Å². The van der Waals surface area contributed by atoms with Crippen LogP contribution >= 0.6 is 0 Å². The molecule has 7 heteroatoms. The number of hydrogen-bond donors (Lipinski definition) is 3. The fourth-order valence-electron chi connectivity index (χ4n) is 2.20. The predicted molar refractivity (Wildman–Crippen MR) is 71.1 cm³/mol. The fraction of sp³-hybridized carbons (Fsp3) is 0.750. The second-order valence-electron chi connectivity index (χ2n) is 5.54. The lowest BCUT2D eigenvalue weighted by Crippen LogP contribution is -2.40. The first kappa shape index (κ1) is 13.1. The minimum absolute atomic E-state index is 0.0891. The van der Waals surface area contributed by atoms with Crippen molar-refractivity contribution in [2.24, 2.45) is 0 Å². The number of aromatic nitrogens is 2. The van der Waals surface area contributed by atoms with Gasteiger partial charge in [0.1, 0.15) is 0 Å². The van der Waals surface area contributed by atoms with Crippen LogP contribution in [0.1, 0.15) is 43.4 Å². The first-order chi connectivity index (χ1) is 9.06. The third kappa shape index (κ3) is 2.82. The summed E-state index contributed by atoms with van der Waals surface area (Å²) < 4.78 is 27.3. The first-order valence-electron chi connectivity index (χ1n) is 6.86. The van der Waals surface area contributed by atoms with Crippen LogP contribution in [0.3, 0.4) is 0 Å². The Bertz CT molecular complexity index is 558. The molecule has 2 saturated carbocycles. The average molecular weight is 284 g/mol. The van der Waals surface area contributed by atoms with Crippen molar-refractivity contribution in [2.75, 3.05) is 0 Å². The van der Waals surface area contributed by atoms with Gasteiger partial charge in [-0.3, -0.25) is 5.10 Å². The van der Waals surface area contributed by atoms with Gasteiger partial charge < -0.3 is 5.32 Å². The molecule has 1 heterocycles. The molecule has 0 saturated heterocycles. The molecule has 0 radical (unpaired) electrons. The van der Waals surface area contributed by atoms with Gasteiger partial charge in [0, 0.05) is 29.9 Å². The normalized spacial score (nSPS) is 20.5. The summed E-state index contributed by atoms with van der Waals surface area (Å²) in [5.41, 5.74) is 1.58. The lowest BCUT2D eigenvalue weighted by molar-refractivity contribution is 0.383. The maximum atomic E-state index is 12.3. The van der Waals surface area contributed by atoms with E-state index in [0.29, 0.717) is 12.6 Å². The van der Waals surface area contributed by atoms with E-state index in [1.165, 1.54) is 12.8 Å². The van der Waals surface area contributed by atoms with E-state index in [0.717, 1.165) is 30.5 Å². The van der Waals surface area contributed by atoms with Crippen LogP contribution in [0.2, 0.25) is 0 Å². The van der Waals surface area contributed by atoms with E-state index in [1.807, 2.05) is 6.92 Å². The highest BCUT2D eigenvalue weighted by Gasteiger charge is 2.30. The zero-order chi connectivity index (χ0) is 13.5. The molecule has 1 aromatic heterocycles. The maximum Gasteiger partial charge on any atom is 0.260 e. The summed E-state index contributed by atoms with van der Waals surface area (Å²) in [6.45, 7) is 2.42. The fourth-order valence-corrected chi connectivity index (χ4v) is 3.70. The monoisotopic (exact) mass is 284 g/mol. The quantitative estimate of drug-likeness (QED) is 0.721. The zero-order valence-electron chi connectivity index (χ0n) is 11.1. The van der Waals surface area contributed by atoms with E-state index in [4.69, 9.17) is 0 Å². The highest BCUT2D eigenvalue weighted by atomic mass is 32.2. The number of nitrogens with zero attached hydrogens (tertiary/aromatic N) is 1. The Balaban J connectivity index is 1.77. The summed E-state index contributed by atoms with van der Waals surface area (Å²) in [5, 5.41) is 10.3. The minimum Gasteiger partial charge on any atom is -0.310 e. The largest absolute Gasteiger partial charge is 0.310 e. The second-order valence-corrected chi connectivity index (χ2v) is 7.17. The van der Waals surface area contributed by atoms with E-state index in [2.05, 4.69) is 20.2 Å². The third-order valence-corrected chi connectivity index (χ3v) is 5.35. The van der Waals surface area contributed by atoms with Gasteiger partial charge in [-0.1, -0.05) is 6.42 Å². The van der Waals surface area contributed by atoms with Crippen molar-refractivity contribution in [3.63, 3.8) is 0 Å². The Labute approximate surface area is 113 Å². The van der Waals surface area contributed by atoms with E-state index in [-0.39, 0.29) is 11.1 Å². The van der Waals surface area contributed by atoms with Crippen LogP contribution in [-0.4, -0.2) is 30.7 Å². The highest BCUT2D eigenvalue weighted by Crippen LogP contribution is 2.24. The Morgan fingerprint density at radius 2 is 2.00 bits per heavy atom. The van der Waals surface area contributed by atoms with Crippen molar-refractivity contribution >= 4 is 10.0 Å². The first-order valence-corrected chi connectivity index (χ1v) is 8.34. The van der Waals surface area contributed by atoms with Gasteiger partial charge >= 0.3 is 0 Å². The van der Waals surface area contributed by atoms with E-state index in [9.17, 15) is 8.42 Å². The van der Waals surface area contributed by atoms with E-state index < -0.39 is 10.0 Å². The summed E-state index contributed by atoms with van der Waals surface area (Å²) in [5.74, 6) is 0. The molecule has 3 rings (SSSR count). The Morgan fingerprint density at radius 3 is 2.58 bits per heavy atom. The number of H-pyrrole nitrogens is 1. The number of aromatic amines is 1. The van der Waals surface area contributed by atoms with Gasteiger partial charge in [-0.25, -0.2) is 13.1 Å². The molecule has 0 unspecified atom stereocenters. The summed E-state index contributed by atoms with van der Waals surface area (Å²) in [7, 11) is -3.49. The van der Waals surface area contributed by atoms with E-state index >= 15 is 0 Å². The maximum absolute atomic E-state index is 12.3. The number of aryl methyl sites for hydroxylation is 1. The molecule has 19 heavy (non-hydrogen) atoms. The lowest BCUT2D eigenvalue weighted by atomic mass is 9.94. The van der Waals surface area contributed by atoms with Crippen molar-refractivity contribution in [3.8, 4) is 0 Å². The number of hydrogen-bond acceptors (Lipinski definition) is 4. The number of rotatable bonds is 6. The molecule has 1 aromatic rings. The van der Waals surface area contributed by atoms with Crippen LogP contribution < -0.4 is 10.0 Å². The lowest BCUT2D eigenvalue weighted by Gasteiger charge is -2.25. The number of nitrogens with one attached hydrogen (secondary N) is 3. The van der Waals surface area contributed by atoms with Gasteiger partial charge in [-0.2, -0.15) is 5.10 Å². The van der Waals surface area contributed by atoms with Crippen LogP contribution in [-0.2, 0) is 16.6 Å². The summed E-state index contributed by atoms with van der Waals surface area (Å²) in [4.78, 5) is 0. The summed E-state index contributed by atoms with van der Waals surface area (Å²) in [6, 6.07) is 0.635. The predicted octanol–water partition coefficient (Wildman–Crippen LogP) is 0.801. The van der Waals surface area contributed by atoms with Gasteiger partial charge in [0.25, 0.3) is 10.0 Å². The third-order valence-electron chi connectivity index (χ3n) is 3.86. The standard InChI is InChI=1S/C12H20N4O2S/c1-8-11(7-13-9-5-6-9)12(15-14-8)19(17,18)16-10-3-2-4-10/h9-10,13,16H,2-7H2,1H3,(H,14,15). The van der Waals surface area contributed by atoms with Crippen LogP contribution in [0.4, 0.5) is 0 Å². The molecule has 0 spiro atoms. The molecule has 2 aliphatic rings.